The SMILES string of the molecule is Cc1noc(-c2ccc(C)c(S(=O)(=O)Nc3ccc(Cl)cc3)c2)n1. The quantitative estimate of drug-likeness (QED) is 0.761. The topological polar surface area (TPSA) is 85.1 Å². The van der Waals surface area contributed by atoms with E-state index in [9.17, 15) is 8.42 Å². The van der Waals surface area contributed by atoms with E-state index in [0.29, 0.717) is 27.7 Å². The van der Waals surface area contributed by atoms with Crippen molar-refractivity contribution in [3.05, 3.63) is 58.9 Å². The van der Waals surface area contributed by atoms with E-state index in [1.165, 1.54) is 6.07 Å². The van der Waals surface area contributed by atoms with Gasteiger partial charge in [0.1, 0.15) is 0 Å². The molecule has 0 unspecified atom stereocenters. The van der Waals surface area contributed by atoms with Crippen LogP contribution in [0.25, 0.3) is 11.5 Å². The van der Waals surface area contributed by atoms with Crippen molar-refractivity contribution in [3.8, 4) is 11.5 Å². The van der Waals surface area contributed by atoms with Gasteiger partial charge in [0.2, 0.25) is 0 Å². The van der Waals surface area contributed by atoms with Gasteiger partial charge in [-0.2, -0.15) is 4.98 Å². The number of rotatable bonds is 4. The van der Waals surface area contributed by atoms with Crippen molar-refractivity contribution < 1.29 is 12.9 Å². The molecule has 0 saturated carbocycles. The summed E-state index contributed by atoms with van der Waals surface area (Å²) in [5.74, 6) is 0.754. The average molecular weight is 364 g/mol. The van der Waals surface area contributed by atoms with Gasteiger partial charge in [-0.25, -0.2) is 8.42 Å². The van der Waals surface area contributed by atoms with Gasteiger partial charge in [-0.1, -0.05) is 22.8 Å². The first-order valence-electron chi connectivity index (χ1n) is 7.05. The maximum absolute atomic E-state index is 12.7. The van der Waals surface area contributed by atoms with Crippen molar-refractivity contribution in [1.29, 1.82) is 0 Å². The predicted octanol–water partition coefficient (Wildman–Crippen LogP) is 3.81. The van der Waals surface area contributed by atoms with Crippen LogP contribution in [0.5, 0.6) is 0 Å². The van der Waals surface area contributed by atoms with Gasteiger partial charge in [0.05, 0.1) is 4.90 Å². The second kappa shape index (κ2) is 6.26. The molecule has 124 valence electrons. The number of nitrogens with one attached hydrogen (secondary N) is 1. The number of benzene rings is 2. The van der Waals surface area contributed by atoms with Crippen molar-refractivity contribution in [3.63, 3.8) is 0 Å². The molecule has 2 aromatic carbocycles. The first-order chi connectivity index (χ1) is 11.3. The number of sulfonamides is 1. The zero-order valence-corrected chi connectivity index (χ0v) is 14.5. The zero-order chi connectivity index (χ0) is 17.3. The molecule has 0 fully saturated rings. The van der Waals surface area contributed by atoms with Gasteiger partial charge in [-0.05, 0) is 55.8 Å². The molecule has 6 nitrogen and oxygen atoms in total. The van der Waals surface area contributed by atoms with E-state index >= 15 is 0 Å². The summed E-state index contributed by atoms with van der Waals surface area (Å²) in [6.45, 7) is 3.42. The van der Waals surface area contributed by atoms with Crippen LogP contribution in [0, 0.1) is 13.8 Å². The van der Waals surface area contributed by atoms with Gasteiger partial charge in [0, 0.05) is 16.3 Å². The Kier molecular flexibility index (Phi) is 4.29. The van der Waals surface area contributed by atoms with Crippen LogP contribution in [0.3, 0.4) is 0 Å². The fraction of sp³-hybridized carbons (Fsp3) is 0.125. The number of hydrogen-bond acceptors (Lipinski definition) is 5. The molecule has 1 aromatic heterocycles. The summed E-state index contributed by atoms with van der Waals surface area (Å²) in [7, 11) is -3.76. The van der Waals surface area contributed by atoms with Crippen LogP contribution in [-0.2, 0) is 10.0 Å². The highest BCUT2D eigenvalue weighted by Crippen LogP contribution is 2.26. The van der Waals surface area contributed by atoms with Crippen LogP contribution in [0.1, 0.15) is 11.4 Å². The average Bonchev–Trinajstić information content (AvgIpc) is 2.96. The largest absolute Gasteiger partial charge is 0.334 e. The molecule has 24 heavy (non-hydrogen) atoms. The molecule has 0 aliphatic rings. The molecule has 0 radical (unpaired) electrons. The van der Waals surface area contributed by atoms with E-state index in [1.54, 1.807) is 50.2 Å². The van der Waals surface area contributed by atoms with Gasteiger partial charge in [-0.15, -0.1) is 0 Å². The fourth-order valence-electron chi connectivity index (χ4n) is 2.17. The summed E-state index contributed by atoms with van der Waals surface area (Å²) in [6, 6.07) is 11.4. The molecule has 1 heterocycles. The van der Waals surface area contributed by atoms with Gasteiger partial charge in [0.25, 0.3) is 15.9 Å². The highest BCUT2D eigenvalue weighted by molar-refractivity contribution is 7.92. The van der Waals surface area contributed by atoms with Crippen molar-refractivity contribution in [1.82, 2.24) is 10.1 Å². The molecule has 3 aromatic rings. The summed E-state index contributed by atoms with van der Waals surface area (Å²) in [4.78, 5) is 4.26. The first kappa shape index (κ1) is 16.5. The van der Waals surface area contributed by atoms with Crippen LogP contribution in [0.15, 0.2) is 51.9 Å². The second-order valence-electron chi connectivity index (χ2n) is 5.24. The molecular weight excluding hydrogens is 350 g/mol. The van der Waals surface area contributed by atoms with E-state index in [1.807, 2.05) is 0 Å². The monoisotopic (exact) mass is 363 g/mol. The molecule has 0 saturated heterocycles. The minimum Gasteiger partial charge on any atom is -0.334 e. The Balaban J connectivity index is 1.99. The highest BCUT2D eigenvalue weighted by Gasteiger charge is 2.19. The summed E-state index contributed by atoms with van der Waals surface area (Å²) in [5.41, 5.74) is 1.58. The van der Waals surface area contributed by atoms with E-state index in [2.05, 4.69) is 14.9 Å². The normalized spacial score (nSPS) is 11.5. The van der Waals surface area contributed by atoms with Gasteiger partial charge in [-0.3, -0.25) is 4.72 Å². The smallest absolute Gasteiger partial charge is 0.262 e. The molecular formula is C16H14ClN3O3S. The molecule has 0 aliphatic heterocycles. The Labute approximate surface area is 144 Å². The molecule has 8 heteroatoms. The lowest BCUT2D eigenvalue weighted by atomic mass is 10.1. The first-order valence-corrected chi connectivity index (χ1v) is 8.91. The number of nitrogens with zero attached hydrogens (tertiary/aromatic N) is 2. The van der Waals surface area contributed by atoms with Gasteiger partial charge in [0.15, 0.2) is 5.82 Å². The minimum absolute atomic E-state index is 0.144. The van der Waals surface area contributed by atoms with Gasteiger partial charge < -0.3 is 4.52 Å². The molecule has 0 bridgehead atoms. The number of hydrogen-bond donors (Lipinski definition) is 1. The van der Waals surface area contributed by atoms with Crippen molar-refractivity contribution in [2.75, 3.05) is 4.72 Å². The standard InChI is InChI=1S/C16H14ClN3O3S/c1-10-3-4-12(16-18-11(2)19-23-16)9-15(10)24(21,22)20-14-7-5-13(17)6-8-14/h3-9,20H,1-2H3. The summed E-state index contributed by atoms with van der Waals surface area (Å²) < 4.78 is 33.0. The lowest BCUT2D eigenvalue weighted by Crippen LogP contribution is -2.14. The maximum atomic E-state index is 12.7. The molecule has 3 rings (SSSR count). The number of anilines is 1. The van der Waals surface area contributed by atoms with Crippen molar-refractivity contribution >= 4 is 27.3 Å². The third-order valence-corrected chi connectivity index (χ3v) is 5.12. The number of aromatic nitrogens is 2. The number of aryl methyl sites for hydroxylation is 2. The third kappa shape index (κ3) is 3.42. The summed E-state index contributed by atoms with van der Waals surface area (Å²) >= 11 is 5.82. The van der Waals surface area contributed by atoms with Crippen molar-refractivity contribution in [2.24, 2.45) is 0 Å². The maximum Gasteiger partial charge on any atom is 0.262 e. The number of halogens is 1. The lowest BCUT2D eigenvalue weighted by molar-refractivity contribution is 0.425. The van der Waals surface area contributed by atoms with Crippen LogP contribution in [-0.4, -0.2) is 18.6 Å². The zero-order valence-electron chi connectivity index (χ0n) is 12.9. The van der Waals surface area contributed by atoms with Crippen LogP contribution in [0.4, 0.5) is 5.69 Å². The highest BCUT2D eigenvalue weighted by atomic mass is 35.5. The Morgan fingerprint density at radius 1 is 1.08 bits per heavy atom. The van der Waals surface area contributed by atoms with E-state index in [4.69, 9.17) is 16.1 Å². The third-order valence-electron chi connectivity index (χ3n) is 3.35. The fourth-order valence-corrected chi connectivity index (χ4v) is 3.62. The van der Waals surface area contributed by atoms with Crippen molar-refractivity contribution in [2.45, 2.75) is 18.7 Å². The van der Waals surface area contributed by atoms with Crippen LogP contribution < -0.4 is 4.72 Å². The Morgan fingerprint density at radius 2 is 1.79 bits per heavy atom. The molecule has 0 atom stereocenters. The second-order valence-corrected chi connectivity index (χ2v) is 7.33. The van der Waals surface area contributed by atoms with E-state index < -0.39 is 10.0 Å². The van der Waals surface area contributed by atoms with E-state index in [0.717, 1.165) is 0 Å². The molecule has 0 spiro atoms. The minimum atomic E-state index is -3.76. The Hall–Kier alpha value is -2.38. The predicted molar refractivity (Wildman–Crippen MR) is 91.5 cm³/mol. The van der Waals surface area contributed by atoms with Crippen LogP contribution >= 0.6 is 11.6 Å². The van der Waals surface area contributed by atoms with Crippen LogP contribution in [0.2, 0.25) is 5.02 Å². The Bertz CT molecular complexity index is 982. The molecule has 0 amide bonds. The molecule has 1 N–H and O–H groups in total. The lowest BCUT2D eigenvalue weighted by Gasteiger charge is -2.11. The van der Waals surface area contributed by atoms with E-state index in [-0.39, 0.29) is 10.8 Å². The summed E-state index contributed by atoms with van der Waals surface area (Å²) in [5, 5.41) is 4.25. The summed E-state index contributed by atoms with van der Waals surface area (Å²) in [6.07, 6.45) is 0. The molecule has 0 aliphatic carbocycles. The Morgan fingerprint density at radius 3 is 2.42 bits per heavy atom. The van der Waals surface area contributed by atoms with Gasteiger partial charge >= 0.3 is 0 Å².